The molecule has 3 rings (SSSR count). The summed E-state index contributed by atoms with van der Waals surface area (Å²) in [7, 11) is 0. The van der Waals surface area contributed by atoms with Crippen LogP contribution in [-0.2, 0) is 6.42 Å². The summed E-state index contributed by atoms with van der Waals surface area (Å²) in [5.41, 5.74) is 4.71. The summed E-state index contributed by atoms with van der Waals surface area (Å²) in [6.45, 7) is 2.09. The van der Waals surface area contributed by atoms with Crippen LogP contribution in [0.3, 0.4) is 0 Å². The SMILES string of the molecule is Cc1cccc2[nH]c(Cc3ccccc3)nc12. The van der Waals surface area contributed by atoms with E-state index in [0.717, 1.165) is 23.3 Å². The van der Waals surface area contributed by atoms with E-state index in [1.807, 2.05) is 6.07 Å². The molecular formula is C15H14N2. The molecule has 2 nitrogen and oxygen atoms in total. The molecule has 17 heavy (non-hydrogen) atoms. The quantitative estimate of drug-likeness (QED) is 0.706. The average molecular weight is 222 g/mol. The monoisotopic (exact) mass is 222 g/mol. The number of para-hydroxylation sites is 1. The second-order valence-electron chi connectivity index (χ2n) is 4.32. The molecule has 0 aliphatic carbocycles. The summed E-state index contributed by atoms with van der Waals surface area (Å²) in [5, 5.41) is 0. The number of benzene rings is 2. The second-order valence-corrected chi connectivity index (χ2v) is 4.32. The van der Waals surface area contributed by atoms with Crippen molar-refractivity contribution in [2.45, 2.75) is 13.3 Å². The Morgan fingerprint density at radius 2 is 1.82 bits per heavy atom. The molecule has 0 radical (unpaired) electrons. The first-order chi connectivity index (χ1) is 8.33. The zero-order valence-corrected chi connectivity index (χ0v) is 9.77. The van der Waals surface area contributed by atoms with Crippen molar-refractivity contribution in [3.8, 4) is 0 Å². The number of H-pyrrole nitrogens is 1. The van der Waals surface area contributed by atoms with Crippen LogP contribution in [0.2, 0.25) is 0 Å². The predicted molar refractivity (Wildman–Crippen MR) is 70.1 cm³/mol. The molecule has 1 heterocycles. The molecule has 0 fully saturated rings. The normalized spacial score (nSPS) is 10.9. The van der Waals surface area contributed by atoms with E-state index in [0.29, 0.717) is 0 Å². The van der Waals surface area contributed by atoms with E-state index in [-0.39, 0.29) is 0 Å². The van der Waals surface area contributed by atoms with E-state index in [4.69, 9.17) is 0 Å². The molecule has 1 aromatic heterocycles. The van der Waals surface area contributed by atoms with Crippen LogP contribution in [0.1, 0.15) is 17.0 Å². The van der Waals surface area contributed by atoms with Gasteiger partial charge in [-0.25, -0.2) is 4.98 Å². The van der Waals surface area contributed by atoms with Crippen molar-refractivity contribution in [1.82, 2.24) is 9.97 Å². The van der Waals surface area contributed by atoms with E-state index < -0.39 is 0 Å². The molecule has 0 bridgehead atoms. The third kappa shape index (κ3) is 1.94. The Morgan fingerprint density at radius 3 is 2.59 bits per heavy atom. The van der Waals surface area contributed by atoms with Gasteiger partial charge in [0.05, 0.1) is 11.0 Å². The lowest BCUT2D eigenvalue weighted by molar-refractivity contribution is 1.04. The zero-order chi connectivity index (χ0) is 11.7. The number of aromatic nitrogens is 2. The van der Waals surface area contributed by atoms with Crippen molar-refractivity contribution in [2.75, 3.05) is 0 Å². The molecule has 2 heteroatoms. The molecule has 2 aromatic carbocycles. The minimum absolute atomic E-state index is 0.856. The zero-order valence-electron chi connectivity index (χ0n) is 9.77. The van der Waals surface area contributed by atoms with Gasteiger partial charge in [-0.15, -0.1) is 0 Å². The first kappa shape index (κ1) is 10.1. The fraction of sp³-hybridized carbons (Fsp3) is 0.133. The van der Waals surface area contributed by atoms with E-state index >= 15 is 0 Å². The molecule has 0 spiro atoms. The van der Waals surface area contributed by atoms with Crippen LogP contribution in [-0.4, -0.2) is 9.97 Å². The summed E-state index contributed by atoms with van der Waals surface area (Å²) >= 11 is 0. The standard InChI is InChI=1S/C15H14N2/c1-11-6-5-9-13-15(11)17-14(16-13)10-12-7-3-2-4-8-12/h2-9H,10H2,1H3,(H,16,17). The lowest BCUT2D eigenvalue weighted by Crippen LogP contribution is -1.89. The Morgan fingerprint density at radius 1 is 1.00 bits per heavy atom. The Bertz CT molecular complexity index is 638. The van der Waals surface area contributed by atoms with Gasteiger partial charge in [-0.3, -0.25) is 0 Å². The van der Waals surface area contributed by atoms with Crippen LogP contribution in [0, 0.1) is 6.92 Å². The Balaban J connectivity index is 1.99. The van der Waals surface area contributed by atoms with Gasteiger partial charge in [0, 0.05) is 6.42 Å². The number of rotatable bonds is 2. The van der Waals surface area contributed by atoms with Gasteiger partial charge in [0.2, 0.25) is 0 Å². The summed E-state index contributed by atoms with van der Waals surface area (Å²) in [4.78, 5) is 8.03. The first-order valence-electron chi connectivity index (χ1n) is 5.81. The maximum absolute atomic E-state index is 4.65. The summed E-state index contributed by atoms with van der Waals surface area (Å²) in [5.74, 6) is 1.03. The summed E-state index contributed by atoms with van der Waals surface area (Å²) in [6.07, 6.45) is 0.856. The summed E-state index contributed by atoms with van der Waals surface area (Å²) in [6, 6.07) is 16.6. The van der Waals surface area contributed by atoms with E-state index in [1.54, 1.807) is 0 Å². The van der Waals surface area contributed by atoms with Gasteiger partial charge in [-0.1, -0.05) is 42.5 Å². The Labute approximate surface area is 100 Å². The van der Waals surface area contributed by atoms with Crippen molar-refractivity contribution < 1.29 is 0 Å². The van der Waals surface area contributed by atoms with Crippen molar-refractivity contribution in [3.63, 3.8) is 0 Å². The van der Waals surface area contributed by atoms with Gasteiger partial charge in [0.15, 0.2) is 0 Å². The fourth-order valence-corrected chi connectivity index (χ4v) is 2.10. The average Bonchev–Trinajstić information content (AvgIpc) is 2.74. The Kier molecular flexibility index (Phi) is 2.41. The maximum Gasteiger partial charge on any atom is 0.111 e. The topological polar surface area (TPSA) is 28.7 Å². The minimum Gasteiger partial charge on any atom is -0.342 e. The van der Waals surface area contributed by atoms with Crippen LogP contribution in [0.15, 0.2) is 48.5 Å². The van der Waals surface area contributed by atoms with Crippen LogP contribution in [0.25, 0.3) is 11.0 Å². The maximum atomic E-state index is 4.65. The van der Waals surface area contributed by atoms with Crippen molar-refractivity contribution in [1.29, 1.82) is 0 Å². The first-order valence-corrected chi connectivity index (χ1v) is 5.81. The number of nitrogens with zero attached hydrogens (tertiary/aromatic N) is 1. The molecule has 0 unspecified atom stereocenters. The highest BCUT2D eigenvalue weighted by atomic mass is 14.9. The molecular weight excluding hydrogens is 208 g/mol. The van der Waals surface area contributed by atoms with Crippen LogP contribution in [0.5, 0.6) is 0 Å². The number of fused-ring (bicyclic) bond motifs is 1. The molecule has 84 valence electrons. The minimum atomic E-state index is 0.856. The lowest BCUT2D eigenvalue weighted by Gasteiger charge is -1.96. The van der Waals surface area contributed by atoms with Gasteiger partial charge in [-0.2, -0.15) is 0 Å². The lowest BCUT2D eigenvalue weighted by atomic mass is 10.1. The van der Waals surface area contributed by atoms with E-state index in [9.17, 15) is 0 Å². The molecule has 0 atom stereocenters. The second kappa shape index (κ2) is 4.06. The fourth-order valence-electron chi connectivity index (χ4n) is 2.10. The van der Waals surface area contributed by atoms with Gasteiger partial charge in [0.25, 0.3) is 0 Å². The van der Waals surface area contributed by atoms with Crippen LogP contribution < -0.4 is 0 Å². The van der Waals surface area contributed by atoms with Gasteiger partial charge in [0.1, 0.15) is 5.82 Å². The van der Waals surface area contributed by atoms with Crippen molar-refractivity contribution >= 4 is 11.0 Å². The highest BCUT2D eigenvalue weighted by Crippen LogP contribution is 2.17. The number of nitrogens with one attached hydrogen (secondary N) is 1. The van der Waals surface area contributed by atoms with Gasteiger partial charge >= 0.3 is 0 Å². The summed E-state index contributed by atoms with van der Waals surface area (Å²) < 4.78 is 0. The largest absolute Gasteiger partial charge is 0.342 e. The number of aryl methyl sites for hydroxylation is 1. The molecule has 0 saturated heterocycles. The van der Waals surface area contributed by atoms with E-state index in [1.165, 1.54) is 11.1 Å². The Hall–Kier alpha value is -2.09. The number of imidazole rings is 1. The number of hydrogen-bond donors (Lipinski definition) is 1. The highest BCUT2D eigenvalue weighted by molar-refractivity contribution is 5.78. The molecule has 3 aromatic rings. The molecule has 0 aliphatic heterocycles. The molecule has 0 saturated carbocycles. The highest BCUT2D eigenvalue weighted by Gasteiger charge is 2.04. The third-order valence-electron chi connectivity index (χ3n) is 2.98. The number of hydrogen-bond acceptors (Lipinski definition) is 1. The van der Waals surface area contributed by atoms with E-state index in [2.05, 4.69) is 59.4 Å². The molecule has 0 aliphatic rings. The van der Waals surface area contributed by atoms with Gasteiger partial charge < -0.3 is 4.98 Å². The molecule has 1 N–H and O–H groups in total. The van der Waals surface area contributed by atoms with Crippen molar-refractivity contribution in [3.05, 3.63) is 65.5 Å². The van der Waals surface area contributed by atoms with Crippen LogP contribution >= 0.6 is 0 Å². The van der Waals surface area contributed by atoms with Crippen molar-refractivity contribution in [2.24, 2.45) is 0 Å². The number of aromatic amines is 1. The van der Waals surface area contributed by atoms with Crippen LogP contribution in [0.4, 0.5) is 0 Å². The molecule has 0 amide bonds. The smallest absolute Gasteiger partial charge is 0.111 e. The van der Waals surface area contributed by atoms with Gasteiger partial charge in [-0.05, 0) is 24.1 Å². The predicted octanol–water partition coefficient (Wildman–Crippen LogP) is 3.46. The third-order valence-corrected chi connectivity index (χ3v) is 2.98.